The number of benzene rings is 2. The van der Waals surface area contributed by atoms with Crippen molar-refractivity contribution < 1.29 is 0 Å². The number of hydrogen-bond donors (Lipinski definition) is 0. The molecule has 0 spiro atoms. The molecule has 2 aromatic carbocycles. The Hall–Kier alpha value is -1.56. The van der Waals surface area contributed by atoms with Gasteiger partial charge in [-0.15, -0.1) is 0 Å². The molecule has 0 nitrogen and oxygen atoms in total. The van der Waals surface area contributed by atoms with Gasteiger partial charge >= 0.3 is 0 Å². The molecule has 2 rings (SSSR count). The van der Waals surface area contributed by atoms with Crippen molar-refractivity contribution in [3.05, 3.63) is 71.3 Å². The quantitative estimate of drug-likeness (QED) is 0.654. The van der Waals surface area contributed by atoms with Crippen molar-refractivity contribution in [1.29, 1.82) is 0 Å². The third kappa shape index (κ3) is 3.96. The summed E-state index contributed by atoms with van der Waals surface area (Å²) in [6, 6.07) is 19.8. The van der Waals surface area contributed by atoms with Crippen molar-refractivity contribution >= 4 is 0 Å². The summed E-state index contributed by atoms with van der Waals surface area (Å²) in [5.41, 5.74) is 4.36. The molecular formula is C19H24. The van der Waals surface area contributed by atoms with E-state index in [9.17, 15) is 0 Å². The van der Waals surface area contributed by atoms with Crippen molar-refractivity contribution in [3.63, 3.8) is 0 Å². The van der Waals surface area contributed by atoms with Crippen LogP contribution in [0.1, 0.15) is 55.7 Å². The molecule has 0 aliphatic heterocycles. The average molecular weight is 252 g/mol. The first-order valence-electron chi connectivity index (χ1n) is 7.30. The maximum absolute atomic E-state index is 2.36. The fraction of sp³-hybridized carbons (Fsp3) is 0.368. The molecule has 0 radical (unpaired) electrons. The lowest BCUT2D eigenvalue weighted by molar-refractivity contribution is 0.678. The molecule has 0 N–H and O–H groups in total. The number of aryl methyl sites for hydroxylation is 1. The Balaban J connectivity index is 1.97. The van der Waals surface area contributed by atoms with E-state index in [1.54, 1.807) is 0 Å². The molecule has 0 aromatic heterocycles. The van der Waals surface area contributed by atoms with Gasteiger partial charge in [-0.1, -0.05) is 75.4 Å². The van der Waals surface area contributed by atoms with E-state index in [0.717, 1.165) is 6.42 Å². The highest BCUT2D eigenvalue weighted by Gasteiger charge is 2.06. The normalized spacial score (nSPS) is 12.6. The first kappa shape index (κ1) is 13.9. The van der Waals surface area contributed by atoms with Crippen LogP contribution in [-0.2, 0) is 6.42 Å². The Morgan fingerprint density at radius 2 is 1.47 bits per heavy atom. The predicted molar refractivity (Wildman–Crippen MR) is 83.7 cm³/mol. The van der Waals surface area contributed by atoms with Crippen molar-refractivity contribution in [3.8, 4) is 0 Å². The van der Waals surface area contributed by atoms with Crippen molar-refractivity contribution in [2.75, 3.05) is 0 Å². The number of hydrogen-bond acceptors (Lipinski definition) is 0. The van der Waals surface area contributed by atoms with Crippen LogP contribution < -0.4 is 0 Å². The molecule has 0 heteroatoms. The third-order valence-electron chi connectivity index (χ3n) is 3.85. The largest absolute Gasteiger partial charge is 0.0622 e. The number of rotatable bonds is 5. The van der Waals surface area contributed by atoms with Gasteiger partial charge in [-0.25, -0.2) is 0 Å². The Morgan fingerprint density at radius 3 is 2.16 bits per heavy atom. The van der Waals surface area contributed by atoms with E-state index in [-0.39, 0.29) is 0 Å². The lowest BCUT2D eigenvalue weighted by atomic mass is 9.92. The van der Waals surface area contributed by atoms with E-state index < -0.39 is 0 Å². The van der Waals surface area contributed by atoms with Crippen LogP contribution in [0.5, 0.6) is 0 Å². The summed E-state index contributed by atoms with van der Waals surface area (Å²) in [5.74, 6) is 1.25. The minimum absolute atomic E-state index is 0.617. The van der Waals surface area contributed by atoms with Gasteiger partial charge in [0.25, 0.3) is 0 Å². The summed E-state index contributed by atoms with van der Waals surface area (Å²) in [6.45, 7) is 6.83. The highest BCUT2D eigenvalue weighted by Crippen LogP contribution is 2.22. The van der Waals surface area contributed by atoms with Gasteiger partial charge in [-0.3, -0.25) is 0 Å². The van der Waals surface area contributed by atoms with Crippen LogP contribution in [0.4, 0.5) is 0 Å². The molecule has 19 heavy (non-hydrogen) atoms. The molecule has 0 aliphatic rings. The van der Waals surface area contributed by atoms with Gasteiger partial charge in [0.1, 0.15) is 0 Å². The Morgan fingerprint density at radius 1 is 0.789 bits per heavy atom. The third-order valence-corrected chi connectivity index (χ3v) is 3.85. The molecule has 2 aromatic rings. The highest BCUT2D eigenvalue weighted by molar-refractivity contribution is 5.26. The summed E-state index contributed by atoms with van der Waals surface area (Å²) in [4.78, 5) is 0. The SMILES string of the molecule is CC(C)c1cccc(CCC(C)c2ccccc2)c1. The molecule has 1 atom stereocenters. The van der Waals surface area contributed by atoms with Crippen LogP contribution in [0, 0.1) is 0 Å². The second-order valence-electron chi connectivity index (χ2n) is 5.75. The first-order valence-corrected chi connectivity index (χ1v) is 7.30. The Labute approximate surface area is 117 Å². The van der Waals surface area contributed by atoms with Crippen LogP contribution in [0.3, 0.4) is 0 Å². The van der Waals surface area contributed by atoms with Crippen LogP contribution in [0.25, 0.3) is 0 Å². The van der Waals surface area contributed by atoms with Gasteiger partial charge < -0.3 is 0 Å². The molecule has 100 valence electrons. The van der Waals surface area contributed by atoms with Crippen LogP contribution in [-0.4, -0.2) is 0 Å². The van der Waals surface area contributed by atoms with E-state index >= 15 is 0 Å². The van der Waals surface area contributed by atoms with E-state index in [2.05, 4.69) is 75.4 Å². The zero-order valence-electron chi connectivity index (χ0n) is 12.3. The maximum atomic E-state index is 2.36. The standard InChI is InChI=1S/C19H24/c1-15(2)19-11-7-8-17(14-19)13-12-16(3)18-9-5-4-6-10-18/h4-11,14-16H,12-13H2,1-3H3. The molecule has 0 aliphatic carbocycles. The summed E-state index contributed by atoms with van der Waals surface area (Å²) < 4.78 is 0. The topological polar surface area (TPSA) is 0 Å². The van der Waals surface area contributed by atoms with E-state index in [1.165, 1.54) is 23.1 Å². The van der Waals surface area contributed by atoms with Crippen molar-refractivity contribution in [2.24, 2.45) is 0 Å². The van der Waals surface area contributed by atoms with Gasteiger partial charge in [-0.2, -0.15) is 0 Å². The molecule has 0 saturated heterocycles. The Bertz CT molecular complexity index is 496. The summed E-state index contributed by atoms with van der Waals surface area (Å²) in [5, 5.41) is 0. The van der Waals surface area contributed by atoms with Gasteiger partial charge in [-0.05, 0) is 41.4 Å². The molecule has 0 bridgehead atoms. The van der Waals surface area contributed by atoms with Gasteiger partial charge in [0.2, 0.25) is 0 Å². The monoisotopic (exact) mass is 252 g/mol. The fourth-order valence-corrected chi connectivity index (χ4v) is 2.44. The smallest absolute Gasteiger partial charge is 0.0187 e. The predicted octanol–water partition coefficient (Wildman–Crippen LogP) is 5.55. The molecular weight excluding hydrogens is 228 g/mol. The molecule has 0 fully saturated rings. The molecule has 1 unspecified atom stereocenters. The summed E-state index contributed by atoms with van der Waals surface area (Å²) in [7, 11) is 0. The van der Waals surface area contributed by atoms with Crippen LogP contribution >= 0.6 is 0 Å². The van der Waals surface area contributed by atoms with Crippen molar-refractivity contribution in [1.82, 2.24) is 0 Å². The van der Waals surface area contributed by atoms with Gasteiger partial charge in [0.05, 0.1) is 0 Å². The minimum atomic E-state index is 0.617. The van der Waals surface area contributed by atoms with Crippen LogP contribution in [0.15, 0.2) is 54.6 Å². The Kier molecular flexibility index (Phi) is 4.79. The second-order valence-corrected chi connectivity index (χ2v) is 5.75. The first-order chi connectivity index (χ1) is 9.16. The van der Waals surface area contributed by atoms with Crippen molar-refractivity contribution in [2.45, 2.75) is 45.4 Å². The lowest BCUT2D eigenvalue weighted by Crippen LogP contribution is -1.97. The van der Waals surface area contributed by atoms with E-state index in [0.29, 0.717) is 11.8 Å². The average Bonchev–Trinajstić information content (AvgIpc) is 2.46. The van der Waals surface area contributed by atoms with Gasteiger partial charge in [0, 0.05) is 0 Å². The van der Waals surface area contributed by atoms with E-state index in [4.69, 9.17) is 0 Å². The maximum Gasteiger partial charge on any atom is -0.0187 e. The zero-order chi connectivity index (χ0) is 13.7. The minimum Gasteiger partial charge on any atom is -0.0622 e. The lowest BCUT2D eigenvalue weighted by Gasteiger charge is -2.13. The zero-order valence-corrected chi connectivity index (χ0v) is 12.3. The second kappa shape index (κ2) is 6.56. The summed E-state index contributed by atoms with van der Waals surface area (Å²) in [6.07, 6.45) is 2.38. The molecule has 0 amide bonds. The van der Waals surface area contributed by atoms with Gasteiger partial charge in [0.15, 0.2) is 0 Å². The van der Waals surface area contributed by atoms with Crippen LogP contribution in [0.2, 0.25) is 0 Å². The molecule has 0 heterocycles. The fourth-order valence-electron chi connectivity index (χ4n) is 2.44. The molecule has 0 saturated carbocycles. The summed E-state index contributed by atoms with van der Waals surface area (Å²) >= 11 is 0. The highest BCUT2D eigenvalue weighted by atomic mass is 14.1. The van der Waals surface area contributed by atoms with E-state index in [1.807, 2.05) is 0 Å².